The second-order valence-electron chi connectivity index (χ2n) is 9.53. The number of carbonyl (C=O) groups is 1. The average molecular weight is 569 g/mol. The smallest absolute Gasteiger partial charge is 0.322 e. The number of hydrogen-bond acceptors (Lipinski definition) is 5. The van der Waals surface area contributed by atoms with Crippen LogP contribution < -0.4 is 5.32 Å². The molecular formula is C29H28ClF3N6O. The molecule has 1 fully saturated rings. The summed E-state index contributed by atoms with van der Waals surface area (Å²) in [6.45, 7) is 4.29. The lowest BCUT2D eigenvalue weighted by molar-refractivity contribution is -0.138. The van der Waals surface area contributed by atoms with E-state index < -0.39 is 17.6 Å². The fourth-order valence-corrected chi connectivity index (χ4v) is 4.68. The van der Waals surface area contributed by atoms with E-state index >= 15 is 0 Å². The number of aromatic nitrogens is 3. The van der Waals surface area contributed by atoms with Crippen LogP contribution in [0.5, 0.6) is 0 Å². The predicted octanol–water partition coefficient (Wildman–Crippen LogP) is 4.88. The van der Waals surface area contributed by atoms with Gasteiger partial charge in [-0.15, -0.1) is 12.4 Å². The fraction of sp³-hybridized carbons (Fsp3) is 0.276. The largest absolute Gasteiger partial charge is 0.417 e. The number of hydrogen-bond donors (Lipinski definition) is 1. The number of halogens is 4. The Kier molecular flexibility index (Phi) is 8.79. The minimum atomic E-state index is -4.65. The maximum Gasteiger partial charge on any atom is 0.417 e. The molecule has 5 rings (SSSR count). The number of nitrogens with one attached hydrogen (secondary N) is 1. The van der Waals surface area contributed by atoms with Crippen molar-refractivity contribution in [3.8, 4) is 11.8 Å². The Morgan fingerprint density at radius 2 is 1.77 bits per heavy atom. The highest BCUT2D eigenvalue weighted by atomic mass is 35.5. The van der Waals surface area contributed by atoms with E-state index in [0.29, 0.717) is 30.0 Å². The van der Waals surface area contributed by atoms with Crippen molar-refractivity contribution in [3.05, 3.63) is 94.4 Å². The van der Waals surface area contributed by atoms with Gasteiger partial charge in [-0.25, -0.2) is 9.50 Å². The number of anilines is 1. The second kappa shape index (κ2) is 12.1. The van der Waals surface area contributed by atoms with Crippen molar-refractivity contribution >= 4 is 29.6 Å². The molecule has 40 heavy (non-hydrogen) atoms. The van der Waals surface area contributed by atoms with Gasteiger partial charge in [0.2, 0.25) is 0 Å². The molecule has 0 atom stereocenters. The lowest BCUT2D eigenvalue weighted by Gasteiger charge is -2.33. The minimum absolute atomic E-state index is 0. The van der Waals surface area contributed by atoms with Crippen LogP contribution in [-0.2, 0) is 12.7 Å². The van der Waals surface area contributed by atoms with Crippen LogP contribution in [0, 0.1) is 18.8 Å². The zero-order valence-electron chi connectivity index (χ0n) is 22.0. The van der Waals surface area contributed by atoms with E-state index in [0.717, 1.165) is 13.1 Å². The predicted molar refractivity (Wildman–Crippen MR) is 150 cm³/mol. The molecular weight excluding hydrogens is 541 g/mol. The number of imidazole rings is 1. The van der Waals surface area contributed by atoms with Crippen LogP contribution >= 0.6 is 12.4 Å². The highest BCUT2D eigenvalue weighted by Crippen LogP contribution is 2.40. The van der Waals surface area contributed by atoms with Gasteiger partial charge in [0.05, 0.1) is 11.8 Å². The first kappa shape index (κ1) is 29.1. The average Bonchev–Trinajstić information content (AvgIpc) is 3.33. The number of carbonyl (C=O) groups excluding carboxylic acids is 1. The summed E-state index contributed by atoms with van der Waals surface area (Å²) in [5.74, 6) is 5.42. The van der Waals surface area contributed by atoms with Crippen LogP contribution in [0.15, 0.2) is 60.9 Å². The first-order chi connectivity index (χ1) is 18.7. The van der Waals surface area contributed by atoms with E-state index in [-0.39, 0.29) is 41.3 Å². The molecule has 1 aliphatic rings. The Morgan fingerprint density at radius 1 is 1.05 bits per heavy atom. The first-order valence-electron chi connectivity index (χ1n) is 12.5. The van der Waals surface area contributed by atoms with Gasteiger partial charge in [0, 0.05) is 55.7 Å². The van der Waals surface area contributed by atoms with Crippen molar-refractivity contribution in [2.24, 2.45) is 0 Å². The number of rotatable bonds is 4. The number of benzene rings is 2. The van der Waals surface area contributed by atoms with Crippen LogP contribution in [0.2, 0.25) is 0 Å². The van der Waals surface area contributed by atoms with E-state index in [1.807, 2.05) is 11.9 Å². The van der Waals surface area contributed by atoms with E-state index in [1.165, 1.54) is 17.6 Å². The number of amides is 1. The van der Waals surface area contributed by atoms with Gasteiger partial charge >= 0.3 is 6.18 Å². The number of piperazine rings is 1. The van der Waals surface area contributed by atoms with Gasteiger partial charge in [-0.3, -0.25) is 9.69 Å². The van der Waals surface area contributed by atoms with E-state index in [4.69, 9.17) is 0 Å². The molecule has 1 amide bonds. The third kappa shape index (κ3) is 6.28. The van der Waals surface area contributed by atoms with E-state index in [2.05, 4.69) is 32.1 Å². The Balaban J connectivity index is 0.00000370. The summed E-state index contributed by atoms with van der Waals surface area (Å²) in [6, 6.07) is 13.4. The van der Waals surface area contributed by atoms with Crippen LogP contribution in [0.4, 0.5) is 18.9 Å². The molecule has 2 aromatic heterocycles. The Labute approximate surface area is 236 Å². The molecule has 1 aliphatic heterocycles. The molecule has 7 nitrogen and oxygen atoms in total. The van der Waals surface area contributed by atoms with Gasteiger partial charge in [0.15, 0.2) is 5.65 Å². The van der Waals surface area contributed by atoms with Crippen molar-refractivity contribution in [3.63, 3.8) is 0 Å². The van der Waals surface area contributed by atoms with Crippen molar-refractivity contribution < 1.29 is 18.0 Å². The normalized spacial score (nSPS) is 14.3. The summed E-state index contributed by atoms with van der Waals surface area (Å²) >= 11 is 0. The molecule has 208 valence electrons. The van der Waals surface area contributed by atoms with Gasteiger partial charge in [0.1, 0.15) is 5.69 Å². The van der Waals surface area contributed by atoms with Crippen LogP contribution in [-0.4, -0.2) is 63.5 Å². The molecule has 0 spiro atoms. The molecule has 2 aromatic carbocycles. The molecule has 1 saturated heterocycles. The fourth-order valence-electron chi connectivity index (χ4n) is 4.68. The number of fused-ring (bicyclic) bond motifs is 1. The summed E-state index contributed by atoms with van der Waals surface area (Å²) < 4.78 is 45.5. The number of nitrogens with zero attached hydrogens (tertiary/aromatic N) is 5. The second-order valence-corrected chi connectivity index (χ2v) is 9.53. The number of alkyl halides is 3. The van der Waals surface area contributed by atoms with Gasteiger partial charge in [0.25, 0.3) is 5.91 Å². The number of likely N-dealkylation sites (N-methyl/N-ethyl adjacent to an activating group) is 1. The Bertz CT molecular complexity index is 1570. The lowest BCUT2D eigenvalue weighted by atomic mass is 9.93. The van der Waals surface area contributed by atoms with E-state index in [9.17, 15) is 18.0 Å². The van der Waals surface area contributed by atoms with Gasteiger partial charge < -0.3 is 10.2 Å². The van der Waals surface area contributed by atoms with Crippen LogP contribution in [0.3, 0.4) is 0 Å². The van der Waals surface area contributed by atoms with Crippen molar-refractivity contribution in [2.45, 2.75) is 19.6 Å². The maximum absolute atomic E-state index is 14.7. The molecule has 4 aromatic rings. The SMILES string of the molecule is Cc1c(NC(=O)c2ccccc2)cc(C#Cc2cnc3cccnn23)c(CN2CCN(C)CC2)c1C(F)(F)F.Cl. The quantitative estimate of drug-likeness (QED) is 0.356. The lowest BCUT2D eigenvalue weighted by Crippen LogP contribution is -2.44. The maximum atomic E-state index is 14.7. The summed E-state index contributed by atoms with van der Waals surface area (Å²) in [4.78, 5) is 21.3. The molecule has 0 saturated carbocycles. The summed E-state index contributed by atoms with van der Waals surface area (Å²) in [7, 11) is 1.99. The zero-order valence-corrected chi connectivity index (χ0v) is 22.8. The van der Waals surface area contributed by atoms with Crippen molar-refractivity contribution in [2.75, 3.05) is 38.5 Å². The summed E-state index contributed by atoms with van der Waals surface area (Å²) in [5.41, 5.74) is 0.911. The highest BCUT2D eigenvalue weighted by Gasteiger charge is 2.38. The van der Waals surface area contributed by atoms with Crippen LogP contribution in [0.1, 0.15) is 38.3 Å². The summed E-state index contributed by atoms with van der Waals surface area (Å²) in [5, 5.41) is 6.92. The van der Waals surface area contributed by atoms with Gasteiger partial charge in [-0.05, 0) is 61.4 Å². The summed E-state index contributed by atoms with van der Waals surface area (Å²) in [6.07, 6.45) is -1.53. The molecule has 3 heterocycles. The molecule has 11 heteroatoms. The van der Waals surface area contributed by atoms with Gasteiger partial charge in [-0.1, -0.05) is 24.1 Å². The van der Waals surface area contributed by atoms with E-state index in [1.54, 1.807) is 54.7 Å². The zero-order chi connectivity index (χ0) is 27.6. The van der Waals surface area contributed by atoms with Crippen molar-refractivity contribution in [1.29, 1.82) is 0 Å². The molecule has 0 aliphatic carbocycles. The first-order valence-corrected chi connectivity index (χ1v) is 12.5. The Morgan fingerprint density at radius 3 is 2.48 bits per heavy atom. The standard InChI is InChI=1S/C29H27F3N6O.ClH/c1-20-25(35-28(39)21-7-4-3-5-8-21)17-22(10-11-23-18-33-26-9-6-12-34-38(23)26)24(27(20)29(30,31)32)19-37-15-13-36(2)14-16-37;/h3-9,12,17-18H,13-16,19H2,1-2H3,(H,35,39);1H. The van der Waals surface area contributed by atoms with Crippen molar-refractivity contribution in [1.82, 2.24) is 24.4 Å². The molecule has 0 bridgehead atoms. The third-order valence-electron chi connectivity index (χ3n) is 6.84. The topological polar surface area (TPSA) is 65.8 Å². The van der Waals surface area contributed by atoms with Gasteiger partial charge in [-0.2, -0.15) is 18.3 Å². The third-order valence-corrected chi connectivity index (χ3v) is 6.84. The van der Waals surface area contributed by atoms with Crippen LogP contribution in [0.25, 0.3) is 5.65 Å². The molecule has 0 unspecified atom stereocenters. The molecule has 0 radical (unpaired) electrons. The highest BCUT2D eigenvalue weighted by molar-refractivity contribution is 6.04. The molecule has 1 N–H and O–H groups in total. The monoisotopic (exact) mass is 568 g/mol. The minimum Gasteiger partial charge on any atom is -0.322 e. The Hall–Kier alpha value is -3.91.